The maximum atomic E-state index is 12.9. The highest BCUT2D eigenvalue weighted by atomic mass is 32.2. The van der Waals surface area contributed by atoms with Crippen LogP contribution < -0.4 is 32.3 Å². The molecule has 0 rings (SSSR count). The van der Waals surface area contributed by atoms with E-state index in [2.05, 4.69) is 35.1 Å². The average Bonchev–Trinajstić information content (AvgIpc) is 3.35. The smallest absolute Gasteiger partial charge is 0.328 e. The monoisotopic (exact) mass is 1070 g/mol. The molecule has 20 nitrogen and oxygen atoms in total. The van der Waals surface area contributed by atoms with Gasteiger partial charge in [-0.25, -0.2) is 4.79 Å². The Hall–Kier alpha value is -4.50. The van der Waals surface area contributed by atoms with E-state index in [4.69, 9.17) is 20.3 Å². The van der Waals surface area contributed by atoms with Crippen LogP contribution in [0.2, 0.25) is 0 Å². The number of amides is 5. The molecule has 5 atom stereocenters. The SMILES string of the molecule is CCCCCCCCCCCCCCCC(=O)OC[C@H](CSCCC(=O)N[C@@H](N)C(=O)NCC(=O)NCC(=O)NC(CCC(=O)O)C(=O)N[C@H](C(=O)O)[C@@H](C)O)OC(=O)CCCCCCCCCCCCCCC. The Kier molecular flexibility index (Phi) is 44.1. The van der Waals surface area contributed by atoms with Gasteiger partial charge in [-0.3, -0.25) is 38.4 Å². The summed E-state index contributed by atoms with van der Waals surface area (Å²) in [5.41, 5.74) is 5.83. The first-order chi connectivity index (χ1) is 35.5. The number of aliphatic hydroxyl groups excluding tert-OH is 1. The summed E-state index contributed by atoms with van der Waals surface area (Å²) in [6, 6.07) is -3.26. The number of aliphatic carboxylic acids is 2. The number of ether oxygens (including phenoxy) is 2. The van der Waals surface area contributed by atoms with Gasteiger partial charge in [-0.1, -0.05) is 168 Å². The Bertz CT molecular complexity index is 1590. The Morgan fingerprint density at radius 2 is 0.986 bits per heavy atom. The van der Waals surface area contributed by atoms with Gasteiger partial charge in [0.2, 0.25) is 23.6 Å². The number of esters is 2. The van der Waals surface area contributed by atoms with Crippen LogP contribution in [0.25, 0.3) is 0 Å². The van der Waals surface area contributed by atoms with Crippen molar-refractivity contribution < 1.29 is 67.9 Å². The number of carboxylic acid groups (broad SMARTS) is 2. The molecule has 0 aromatic carbocycles. The van der Waals surface area contributed by atoms with Crippen molar-refractivity contribution in [3.63, 3.8) is 0 Å². The molecule has 0 saturated heterocycles. The highest BCUT2D eigenvalue weighted by Gasteiger charge is 2.30. The van der Waals surface area contributed by atoms with Gasteiger partial charge in [-0.2, -0.15) is 11.8 Å². The van der Waals surface area contributed by atoms with E-state index in [-0.39, 0.29) is 49.3 Å². The molecule has 428 valence electrons. The van der Waals surface area contributed by atoms with Gasteiger partial charge in [0, 0.05) is 37.2 Å². The van der Waals surface area contributed by atoms with E-state index in [1.807, 2.05) is 5.32 Å². The van der Waals surface area contributed by atoms with Crippen LogP contribution in [0, 0.1) is 0 Å². The van der Waals surface area contributed by atoms with Gasteiger partial charge in [-0.05, 0) is 26.2 Å². The van der Waals surface area contributed by atoms with E-state index in [0.717, 1.165) is 51.9 Å². The van der Waals surface area contributed by atoms with E-state index in [9.17, 15) is 53.4 Å². The van der Waals surface area contributed by atoms with Crippen molar-refractivity contribution in [2.75, 3.05) is 31.2 Å². The molecule has 0 aliphatic heterocycles. The van der Waals surface area contributed by atoms with Gasteiger partial charge in [0.25, 0.3) is 5.91 Å². The summed E-state index contributed by atoms with van der Waals surface area (Å²) >= 11 is 1.30. The van der Waals surface area contributed by atoms with Gasteiger partial charge in [-0.15, -0.1) is 0 Å². The Morgan fingerprint density at radius 1 is 0.527 bits per heavy atom. The molecule has 0 saturated carbocycles. The number of nitrogens with two attached hydrogens (primary N) is 1. The lowest BCUT2D eigenvalue weighted by Crippen LogP contribution is -2.56. The molecular formula is C53H96N6O14S. The lowest BCUT2D eigenvalue weighted by atomic mass is 10.0. The highest BCUT2D eigenvalue weighted by molar-refractivity contribution is 7.99. The number of carbonyl (C=O) groups excluding carboxylic acids is 7. The topological polar surface area (TPSA) is 319 Å². The first-order valence-electron chi connectivity index (χ1n) is 27.7. The lowest BCUT2D eigenvalue weighted by Gasteiger charge is -2.22. The van der Waals surface area contributed by atoms with Crippen molar-refractivity contribution in [3.8, 4) is 0 Å². The van der Waals surface area contributed by atoms with Crippen molar-refractivity contribution in [1.29, 1.82) is 0 Å². The number of carbonyl (C=O) groups is 9. The minimum atomic E-state index is -1.74. The number of carboxylic acids is 2. The van der Waals surface area contributed by atoms with E-state index >= 15 is 0 Å². The number of aliphatic hydroxyl groups is 1. The van der Waals surface area contributed by atoms with Crippen LogP contribution in [-0.2, 0) is 52.6 Å². The molecular weight excluding hydrogens is 977 g/mol. The van der Waals surface area contributed by atoms with Crippen molar-refractivity contribution in [2.24, 2.45) is 5.73 Å². The normalized spacial score (nSPS) is 13.1. The third-order valence-electron chi connectivity index (χ3n) is 12.3. The van der Waals surface area contributed by atoms with Gasteiger partial charge >= 0.3 is 23.9 Å². The summed E-state index contributed by atoms with van der Waals surface area (Å²) in [6.07, 6.45) is 26.6. The van der Waals surface area contributed by atoms with Crippen LogP contribution in [0.5, 0.6) is 0 Å². The van der Waals surface area contributed by atoms with E-state index in [0.29, 0.717) is 6.42 Å². The maximum absolute atomic E-state index is 12.9. The fraction of sp³-hybridized carbons (Fsp3) is 0.830. The van der Waals surface area contributed by atoms with Gasteiger partial charge < -0.3 is 57.1 Å². The molecule has 0 aromatic rings. The molecule has 0 aliphatic carbocycles. The molecule has 0 aliphatic rings. The second-order valence-electron chi connectivity index (χ2n) is 19.3. The summed E-state index contributed by atoms with van der Waals surface area (Å²) in [4.78, 5) is 111. The standard InChI is InChI=1S/C53H96N6O14S/c1-4-6-8-10-12-14-16-18-20-22-24-26-28-30-47(66)72-38-41(73-48(67)31-29-27-25-23-21-19-17-15-13-11-9-7-5-2)39-74-35-34-43(61)58-50(54)52(69)56-36-44(62)55-37-45(63)57-42(32-33-46(64)65)51(68)59-49(40(3)60)53(70)71/h40-42,49-50,60H,4-39,54H2,1-3H3,(H,55,62)(H,56,69)(H,57,63)(H,58,61)(H,59,68)(H,64,65)(H,70,71)/t40-,41-,42?,49+,50-/m1/s1. The second kappa shape index (κ2) is 47.0. The Labute approximate surface area is 445 Å². The van der Waals surface area contributed by atoms with Crippen LogP contribution >= 0.6 is 11.8 Å². The van der Waals surface area contributed by atoms with Gasteiger partial charge in [0.15, 0.2) is 12.2 Å². The molecule has 21 heteroatoms. The zero-order chi connectivity index (χ0) is 55.2. The van der Waals surface area contributed by atoms with Gasteiger partial charge in [0.1, 0.15) is 18.8 Å². The molecule has 0 aromatic heterocycles. The third-order valence-corrected chi connectivity index (χ3v) is 13.4. The number of hydrogen-bond donors (Lipinski definition) is 9. The molecule has 74 heavy (non-hydrogen) atoms. The minimum absolute atomic E-state index is 0.0683. The highest BCUT2D eigenvalue weighted by Crippen LogP contribution is 2.16. The average molecular weight is 1070 g/mol. The number of unbranched alkanes of at least 4 members (excludes halogenated alkanes) is 24. The first kappa shape index (κ1) is 69.5. The largest absolute Gasteiger partial charge is 0.481 e. The summed E-state index contributed by atoms with van der Waals surface area (Å²) < 4.78 is 11.3. The van der Waals surface area contributed by atoms with E-state index < -0.39 is 97.9 Å². The first-order valence-corrected chi connectivity index (χ1v) is 28.9. The molecule has 5 amide bonds. The molecule has 0 radical (unpaired) electrons. The maximum Gasteiger partial charge on any atom is 0.328 e. The van der Waals surface area contributed by atoms with E-state index in [1.54, 1.807) is 0 Å². The summed E-state index contributed by atoms with van der Waals surface area (Å²) in [5.74, 6) is -7.45. The zero-order valence-corrected chi connectivity index (χ0v) is 46.0. The molecule has 0 heterocycles. The molecule has 1 unspecified atom stereocenters. The van der Waals surface area contributed by atoms with Crippen LogP contribution in [0.1, 0.15) is 220 Å². The van der Waals surface area contributed by atoms with Crippen LogP contribution in [0.3, 0.4) is 0 Å². The van der Waals surface area contributed by atoms with Crippen molar-refractivity contribution in [1.82, 2.24) is 26.6 Å². The van der Waals surface area contributed by atoms with Crippen LogP contribution in [0.4, 0.5) is 0 Å². The van der Waals surface area contributed by atoms with Crippen LogP contribution in [0.15, 0.2) is 0 Å². The summed E-state index contributed by atoms with van der Waals surface area (Å²) in [7, 11) is 0. The number of hydrogen-bond acceptors (Lipinski definition) is 14. The number of rotatable bonds is 50. The summed E-state index contributed by atoms with van der Waals surface area (Å²) in [6.45, 7) is 4.10. The van der Waals surface area contributed by atoms with Crippen molar-refractivity contribution in [3.05, 3.63) is 0 Å². The zero-order valence-electron chi connectivity index (χ0n) is 45.2. The molecule has 0 bridgehead atoms. The lowest BCUT2D eigenvalue weighted by molar-refractivity contribution is -0.157. The van der Waals surface area contributed by atoms with Crippen molar-refractivity contribution in [2.45, 2.75) is 250 Å². The van der Waals surface area contributed by atoms with Crippen molar-refractivity contribution >= 4 is 65.2 Å². The Balaban J connectivity index is 4.86. The van der Waals surface area contributed by atoms with Gasteiger partial charge in [0.05, 0.1) is 19.2 Å². The quantitative estimate of drug-likeness (QED) is 0.0179. The Morgan fingerprint density at radius 3 is 1.45 bits per heavy atom. The molecule has 0 spiro atoms. The summed E-state index contributed by atoms with van der Waals surface area (Å²) in [5, 5.41) is 38.9. The fourth-order valence-electron chi connectivity index (χ4n) is 7.83. The predicted molar refractivity (Wildman–Crippen MR) is 286 cm³/mol. The number of thioether (sulfide) groups is 1. The molecule has 0 fully saturated rings. The second-order valence-corrected chi connectivity index (χ2v) is 20.4. The number of nitrogens with one attached hydrogen (secondary N) is 5. The van der Waals surface area contributed by atoms with E-state index in [1.165, 1.54) is 127 Å². The fourth-order valence-corrected chi connectivity index (χ4v) is 8.75. The van der Waals surface area contributed by atoms with Crippen LogP contribution in [-0.4, -0.2) is 130 Å². The molecule has 10 N–H and O–H groups in total. The minimum Gasteiger partial charge on any atom is -0.481 e. The predicted octanol–water partition coefficient (Wildman–Crippen LogP) is 6.46. The third kappa shape index (κ3) is 41.8.